The fraction of sp³-hybridized carbons (Fsp3) is 0.286. The first-order valence-corrected chi connectivity index (χ1v) is 7.32. The summed E-state index contributed by atoms with van der Waals surface area (Å²) in [5.41, 5.74) is 3.19. The maximum atomic E-state index is 5.57. The Balaban J connectivity index is 2.38. The van der Waals surface area contributed by atoms with Gasteiger partial charge in [-0.3, -0.25) is 0 Å². The van der Waals surface area contributed by atoms with Crippen LogP contribution in [-0.4, -0.2) is 20.7 Å². The van der Waals surface area contributed by atoms with Crippen LogP contribution in [0.2, 0.25) is 0 Å². The highest BCUT2D eigenvalue weighted by atomic mass is 32.1. The van der Waals surface area contributed by atoms with E-state index in [2.05, 4.69) is 28.0 Å². The van der Waals surface area contributed by atoms with Gasteiger partial charge in [-0.1, -0.05) is 29.9 Å². The molecule has 21 heavy (non-hydrogen) atoms. The summed E-state index contributed by atoms with van der Waals surface area (Å²) in [7, 11) is 0. The third-order valence-corrected chi connectivity index (χ3v) is 3.11. The molecule has 1 aromatic heterocycles. The Morgan fingerprint density at radius 1 is 1.29 bits per heavy atom. The maximum absolute atomic E-state index is 5.57. The standard InChI is InChI=1S/C14H16N4OS2/c1-4-19-13-12(10(3)17-18(13)14(20)21)16-15-11-7-5-9(2)6-8-11/h5-8H,4H2,1-3H3,(H,20,21). The first-order valence-electron chi connectivity index (χ1n) is 6.47. The van der Waals surface area contributed by atoms with E-state index in [1.165, 1.54) is 10.2 Å². The van der Waals surface area contributed by atoms with Gasteiger partial charge in [0.25, 0.3) is 0 Å². The second kappa shape index (κ2) is 6.82. The average molecular weight is 320 g/mol. The Labute approximate surface area is 134 Å². The molecule has 0 atom stereocenters. The van der Waals surface area contributed by atoms with Crippen molar-refractivity contribution >= 4 is 40.5 Å². The van der Waals surface area contributed by atoms with E-state index >= 15 is 0 Å². The molecule has 0 aliphatic heterocycles. The topological polar surface area (TPSA) is 51.8 Å². The largest absolute Gasteiger partial charge is 0.476 e. The van der Waals surface area contributed by atoms with Gasteiger partial charge in [-0.05, 0) is 32.9 Å². The predicted octanol–water partition coefficient (Wildman–Crippen LogP) is 4.38. The maximum Gasteiger partial charge on any atom is 0.246 e. The van der Waals surface area contributed by atoms with Crippen molar-refractivity contribution in [2.75, 3.05) is 6.61 Å². The van der Waals surface area contributed by atoms with E-state index in [9.17, 15) is 0 Å². The zero-order valence-electron chi connectivity index (χ0n) is 12.1. The van der Waals surface area contributed by atoms with Gasteiger partial charge in [0.2, 0.25) is 5.88 Å². The summed E-state index contributed by atoms with van der Waals surface area (Å²) in [6.07, 6.45) is 0. The fourth-order valence-corrected chi connectivity index (χ4v) is 1.99. The van der Waals surface area contributed by atoms with Crippen LogP contribution in [-0.2, 0) is 0 Å². The number of benzene rings is 1. The molecule has 0 unspecified atom stereocenters. The number of hydrogen-bond acceptors (Lipinski definition) is 5. The van der Waals surface area contributed by atoms with Gasteiger partial charge in [0.1, 0.15) is 0 Å². The van der Waals surface area contributed by atoms with E-state index in [1.54, 1.807) is 0 Å². The molecule has 2 rings (SSSR count). The monoisotopic (exact) mass is 320 g/mol. The highest BCUT2D eigenvalue weighted by Crippen LogP contribution is 2.33. The Kier molecular flexibility index (Phi) is 5.08. The molecule has 0 N–H and O–H groups in total. The lowest BCUT2D eigenvalue weighted by Gasteiger charge is -2.05. The van der Waals surface area contributed by atoms with Crippen LogP contribution in [0.1, 0.15) is 18.2 Å². The van der Waals surface area contributed by atoms with E-state index in [0.29, 0.717) is 28.2 Å². The second-order valence-corrected chi connectivity index (χ2v) is 5.51. The minimum absolute atomic E-state index is 0.304. The van der Waals surface area contributed by atoms with Crippen LogP contribution in [0, 0.1) is 13.8 Å². The number of aryl methyl sites for hydroxylation is 2. The van der Waals surface area contributed by atoms with Crippen LogP contribution >= 0.6 is 24.8 Å². The first-order chi connectivity index (χ1) is 10.0. The molecule has 5 nitrogen and oxygen atoms in total. The number of hydrogen-bond donors (Lipinski definition) is 1. The van der Waals surface area contributed by atoms with E-state index in [0.717, 1.165) is 5.69 Å². The van der Waals surface area contributed by atoms with Crippen molar-refractivity contribution in [1.29, 1.82) is 0 Å². The number of azo groups is 1. The fourth-order valence-electron chi connectivity index (χ4n) is 1.73. The molecule has 0 spiro atoms. The van der Waals surface area contributed by atoms with E-state index in [4.69, 9.17) is 17.0 Å². The van der Waals surface area contributed by atoms with Crippen molar-refractivity contribution in [2.24, 2.45) is 10.2 Å². The van der Waals surface area contributed by atoms with Crippen LogP contribution in [0.15, 0.2) is 34.5 Å². The summed E-state index contributed by atoms with van der Waals surface area (Å²) >= 11 is 9.18. The van der Waals surface area contributed by atoms with Crippen molar-refractivity contribution < 1.29 is 4.74 Å². The van der Waals surface area contributed by atoms with Gasteiger partial charge in [0.15, 0.2) is 10.0 Å². The number of thiocarbonyl (C=S) groups is 1. The molecular formula is C14H16N4OS2. The normalized spacial score (nSPS) is 11.0. The van der Waals surface area contributed by atoms with Gasteiger partial charge in [0.05, 0.1) is 18.0 Å². The van der Waals surface area contributed by atoms with Crippen LogP contribution in [0.4, 0.5) is 11.4 Å². The molecule has 0 aliphatic carbocycles. The Bertz CT molecular complexity index is 677. The van der Waals surface area contributed by atoms with Gasteiger partial charge >= 0.3 is 0 Å². The van der Waals surface area contributed by atoms with Crippen molar-refractivity contribution in [1.82, 2.24) is 9.78 Å². The highest BCUT2D eigenvalue weighted by molar-refractivity contribution is 8.11. The smallest absolute Gasteiger partial charge is 0.246 e. The zero-order chi connectivity index (χ0) is 15.4. The summed E-state index contributed by atoms with van der Waals surface area (Å²) < 4.78 is 7.32. The molecule has 7 heteroatoms. The minimum Gasteiger partial charge on any atom is -0.476 e. The summed E-state index contributed by atoms with van der Waals surface area (Å²) in [6.45, 7) is 6.22. The number of ether oxygens (including phenoxy) is 1. The lowest BCUT2D eigenvalue weighted by atomic mass is 10.2. The predicted molar refractivity (Wildman–Crippen MR) is 90.5 cm³/mol. The number of rotatable bonds is 4. The van der Waals surface area contributed by atoms with Gasteiger partial charge in [0, 0.05) is 0 Å². The van der Waals surface area contributed by atoms with Gasteiger partial charge in [-0.15, -0.1) is 17.7 Å². The zero-order valence-corrected chi connectivity index (χ0v) is 13.8. The third kappa shape index (κ3) is 3.68. The molecule has 0 radical (unpaired) electrons. The number of nitrogens with zero attached hydrogens (tertiary/aromatic N) is 4. The second-order valence-electron chi connectivity index (χ2n) is 4.40. The Morgan fingerprint density at radius 2 is 1.95 bits per heavy atom. The first kappa shape index (κ1) is 15.7. The van der Waals surface area contributed by atoms with Crippen LogP contribution in [0.3, 0.4) is 0 Å². The molecule has 0 amide bonds. The van der Waals surface area contributed by atoms with E-state index < -0.39 is 0 Å². The molecule has 0 aliphatic rings. The van der Waals surface area contributed by atoms with E-state index in [1.807, 2.05) is 45.0 Å². The van der Waals surface area contributed by atoms with Crippen molar-refractivity contribution in [2.45, 2.75) is 20.8 Å². The quantitative estimate of drug-likeness (QED) is 0.517. The van der Waals surface area contributed by atoms with E-state index in [-0.39, 0.29) is 0 Å². The van der Waals surface area contributed by atoms with Crippen molar-refractivity contribution in [3.63, 3.8) is 0 Å². The average Bonchev–Trinajstić information content (AvgIpc) is 2.76. The van der Waals surface area contributed by atoms with Crippen molar-refractivity contribution in [3.05, 3.63) is 35.5 Å². The molecule has 0 saturated heterocycles. The number of thiol groups is 1. The molecule has 110 valence electrons. The summed E-state index contributed by atoms with van der Waals surface area (Å²) in [6, 6.07) is 7.78. The summed E-state index contributed by atoms with van der Waals surface area (Å²) in [5.74, 6) is 0.464. The van der Waals surface area contributed by atoms with Crippen molar-refractivity contribution in [3.8, 4) is 5.88 Å². The lowest BCUT2D eigenvalue weighted by Crippen LogP contribution is -2.07. The summed E-state index contributed by atoms with van der Waals surface area (Å²) in [5, 5.41) is 12.7. The number of aromatic nitrogens is 2. The van der Waals surface area contributed by atoms with Crippen LogP contribution in [0.5, 0.6) is 5.88 Å². The Hall–Kier alpha value is -1.73. The minimum atomic E-state index is 0.304. The summed E-state index contributed by atoms with van der Waals surface area (Å²) in [4.78, 5) is 0. The third-order valence-electron chi connectivity index (χ3n) is 2.75. The lowest BCUT2D eigenvalue weighted by molar-refractivity contribution is 0.321. The Morgan fingerprint density at radius 3 is 2.52 bits per heavy atom. The SMILES string of the molecule is CCOc1c(N=Nc2ccc(C)cc2)c(C)nn1C(=S)S. The molecule has 2 aromatic rings. The van der Waals surface area contributed by atoms with Gasteiger partial charge < -0.3 is 4.74 Å². The molecular weight excluding hydrogens is 304 g/mol. The molecule has 1 aromatic carbocycles. The van der Waals surface area contributed by atoms with Crippen LogP contribution < -0.4 is 4.74 Å². The van der Waals surface area contributed by atoms with Crippen LogP contribution in [0.25, 0.3) is 0 Å². The van der Waals surface area contributed by atoms with Gasteiger partial charge in [-0.2, -0.15) is 14.9 Å². The highest BCUT2D eigenvalue weighted by Gasteiger charge is 2.18. The van der Waals surface area contributed by atoms with Gasteiger partial charge in [-0.25, -0.2) is 0 Å². The molecule has 0 saturated carbocycles. The molecule has 1 heterocycles. The molecule has 0 fully saturated rings. The molecule has 0 bridgehead atoms.